The molecule has 166 valence electrons. The molecule has 0 atom stereocenters. The van der Waals surface area contributed by atoms with E-state index >= 15 is 0 Å². The Bertz CT molecular complexity index is 1140. The lowest BCUT2D eigenvalue weighted by Gasteiger charge is -2.19. The van der Waals surface area contributed by atoms with Gasteiger partial charge in [-0.3, -0.25) is 9.69 Å². The number of rotatable bonds is 7. The molecule has 6 heteroatoms. The minimum absolute atomic E-state index is 0.238. The second-order valence-electron chi connectivity index (χ2n) is 7.43. The van der Waals surface area contributed by atoms with Crippen molar-refractivity contribution in [1.82, 2.24) is 0 Å². The molecular formula is C26H27NO5. The van der Waals surface area contributed by atoms with Crippen LogP contribution in [0, 0.1) is 13.8 Å². The highest BCUT2D eigenvalue weighted by atomic mass is 16.5. The second-order valence-corrected chi connectivity index (χ2v) is 7.43. The monoisotopic (exact) mass is 433 g/mol. The number of allylic oxidation sites excluding steroid dienone is 1. The predicted octanol–water partition coefficient (Wildman–Crippen LogP) is 4.75. The summed E-state index contributed by atoms with van der Waals surface area (Å²) in [7, 11) is 2.84. The lowest BCUT2D eigenvalue weighted by Crippen LogP contribution is -2.24. The molecule has 1 amide bonds. The molecule has 1 aliphatic heterocycles. The summed E-state index contributed by atoms with van der Waals surface area (Å²) in [5.74, 6) is 0.213. The highest BCUT2D eigenvalue weighted by Gasteiger charge is 2.38. The first-order valence-electron chi connectivity index (χ1n) is 10.2. The standard InChI is InChI=1S/C26H27NO5/c1-7-12-32-22-11-9-19(15-23(22)30-5)14-21-24(26(29)31-6)18(4)27(25(21)28)20-10-8-16(2)17(3)13-20/h7-11,13-15H,1,12H2,2-6H3/b21-14+. The first-order valence-corrected chi connectivity index (χ1v) is 10.2. The number of hydrogen-bond acceptors (Lipinski definition) is 5. The summed E-state index contributed by atoms with van der Waals surface area (Å²) < 4.78 is 16.0. The quantitative estimate of drug-likeness (QED) is 0.358. The van der Waals surface area contributed by atoms with Gasteiger partial charge in [0, 0.05) is 11.4 Å². The summed E-state index contributed by atoms with van der Waals surface area (Å²) in [4.78, 5) is 27.6. The number of nitrogens with zero attached hydrogens (tertiary/aromatic N) is 1. The van der Waals surface area contributed by atoms with E-state index in [0.717, 1.165) is 11.1 Å². The van der Waals surface area contributed by atoms with E-state index in [1.54, 1.807) is 49.3 Å². The largest absolute Gasteiger partial charge is 0.493 e. The van der Waals surface area contributed by atoms with Crippen molar-refractivity contribution < 1.29 is 23.8 Å². The van der Waals surface area contributed by atoms with E-state index in [9.17, 15) is 9.59 Å². The lowest BCUT2D eigenvalue weighted by atomic mass is 10.0. The van der Waals surface area contributed by atoms with E-state index in [0.29, 0.717) is 35.1 Å². The number of benzene rings is 2. The van der Waals surface area contributed by atoms with Crippen LogP contribution < -0.4 is 14.4 Å². The van der Waals surface area contributed by atoms with Crippen molar-refractivity contribution >= 4 is 23.6 Å². The summed E-state index contributed by atoms with van der Waals surface area (Å²) in [6, 6.07) is 11.1. The third kappa shape index (κ3) is 4.30. The van der Waals surface area contributed by atoms with Crippen molar-refractivity contribution in [3.63, 3.8) is 0 Å². The van der Waals surface area contributed by atoms with E-state index in [1.807, 2.05) is 32.0 Å². The van der Waals surface area contributed by atoms with Crippen molar-refractivity contribution in [3.05, 3.63) is 82.6 Å². The number of esters is 1. The Hall–Kier alpha value is -3.80. The van der Waals surface area contributed by atoms with Crippen LogP contribution in [0.15, 0.2) is 65.9 Å². The van der Waals surface area contributed by atoms with Crippen molar-refractivity contribution in [3.8, 4) is 11.5 Å². The summed E-state index contributed by atoms with van der Waals surface area (Å²) in [5.41, 5.74) is 4.58. The fourth-order valence-corrected chi connectivity index (χ4v) is 3.56. The van der Waals surface area contributed by atoms with Gasteiger partial charge in [0.2, 0.25) is 0 Å². The molecule has 6 nitrogen and oxygen atoms in total. The Morgan fingerprint density at radius 3 is 2.41 bits per heavy atom. The topological polar surface area (TPSA) is 65.1 Å². The SMILES string of the molecule is C=CCOc1ccc(/C=C2/C(=O)N(c3ccc(C)c(C)c3)C(C)=C2C(=O)OC)cc1OC. The molecule has 0 unspecified atom stereocenters. The Balaban J connectivity index is 2.09. The first-order chi connectivity index (χ1) is 15.3. The van der Waals surface area contributed by atoms with E-state index in [2.05, 4.69) is 6.58 Å². The molecule has 0 fully saturated rings. The highest BCUT2D eigenvalue weighted by molar-refractivity contribution is 6.23. The summed E-state index contributed by atoms with van der Waals surface area (Å²) in [5, 5.41) is 0. The second kappa shape index (κ2) is 9.56. The fourth-order valence-electron chi connectivity index (χ4n) is 3.56. The van der Waals surface area contributed by atoms with Crippen LogP contribution in [0.4, 0.5) is 5.69 Å². The lowest BCUT2D eigenvalue weighted by molar-refractivity contribution is -0.136. The van der Waals surface area contributed by atoms with Crippen molar-refractivity contribution in [2.75, 3.05) is 25.7 Å². The maximum absolute atomic E-state index is 13.5. The van der Waals surface area contributed by atoms with Crippen LogP contribution in [-0.2, 0) is 14.3 Å². The summed E-state index contributed by atoms with van der Waals surface area (Å²) in [6.45, 7) is 9.72. The first kappa shape index (κ1) is 22.9. The number of methoxy groups -OCH3 is 2. The van der Waals surface area contributed by atoms with Gasteiger partial charge in [0.05, 0.1) is 25.4 Å². The Morgan fingerprint density at radius 1 is 1.03 bits per heavy atom. The average Bonchev–Trinajstić information content (AvgIpc) is 3.03. The van der Waals surface area contributed by atoms with Gasteiger partial charge >= 0.3 is 5.97 Å². The molecule has 0 N–H and O–H groups in total. The van der Waals surface area contributed by atoms with Gasteiger partial charge in [0.25, 0.3) is 5.91 Å². The molecule has 0 aliphatic carbocycles. The molecule has 3 rings (SSSR count). The van der Waals surface area contributed by atoms with E-state index in [4.69, 9.17) is 14.2 Å². The smallest absolute Gasteiger partial charge is 0.340 e. The van der Waals surface area contributed by atoms with E-state index < -0.39 is 5.97 Å². The third-order valence-electron chi connectivity index (χ3n) is 5.39. The van der Waals surface area contributed by atoms with Crippen molar-refractivity contribution in [2.24, 2.45) is 0 Å². The Morgan fingerprint density at radius 2 is 1.78 bits per heavy atom. The number of carbonyl (C=O) groups excluding carboxylic acids is 2. The van der Waals surface area contributed by atoms with Crippen LogP contribution in [0.5, 0.6) is 11.5 Å². The molecule has 0 bridgehead atoms. The van der Waals surface area contributed by atoms with Crippen LogP contribution >= 0.6 is 0 Å². The predicted molar refractivity (Wildman–Crippen MR) is 125 cm³/mol. The molecule has 0 saturated heterocycles. The van der Waals surface area contributed by atoms with Crippen LogP contribution in [0.2, 0.25) is 0 Å². The molecule has 2 aromatic carbocycles. The molecule has 1 aliphatic rings. The fraction of sp³-hybridized carbons (Fsp3) is 0.231. The number of hydrogen-bond donors (Lipinski definition) is 0. The zero-order valence-electron chi connectivity index (χ0n) is 19.0. The highest BCUT2D eigenvalue weighted by Crippen LogP contribution is 2.37. The Kier molecular flexibility index (Phi) is 6.83. The summed E-state index contributed by atoms with van der Waals surface area (Å²) in [6.07, 6.45) is 3.31. The molecule has 0 spiro atoms. The average molecular weight is 434 g/mol. The maximum atomic E-state index is 13.5. The van der Waals surface area contributed by atoms with Gasteiger partial charge < -0.3 is 14.2 Å². The molecule has 1 heterocycles. The molecule has 0 radical (unpaired) electrons. The van der Waals surface area contributed by atoms with Gasteiger partial charge in [-0.1, -0.05) is 24.8 Å². The van der Waals surface area contributed by atoms with Crippen LogP contribution in [0.3, 0.4) is 0 Å². The van der Waals surface area contributed by atoms with Gasteiger partial charge in [-0.25, -0.2) is 4.79 Å². The molecule has 32 heavy (non-hydrogen) atoms. The third-order valence-corrected chi connectivity index (χ3v) is 5.39. The maximum Gasteiger partial charge on any atom is 0.340 e. The summed E-state index contributed by atoms with van der Waals surface area (Å²) >= 11 is 0. The van der Waals surface area contributed by atoms with Crippen LogP contribution in [0.25, 0.3) is 6.08 Å². The zero-order valence-corrected chi connectivity index (χ0v) is 19.0. The number of aryl methyl sites for hydroxylation is 2. The van der Waals surface area contributed by atoms with Gasteiger partial charge in [0.15, 0.2) is 11.5 Å². The van der Waals surface area contributed by atoms with Gasteiger partial charge in [-0.2, -0.15) is 0 Å². The molecule has 0 saturated carbocycles. The number of amides is 1. The van der Waals surface area contributed by atoms with Crippen LogP contribution in [-0.4, -0.2) is 32.7 Å². The van der Waals surface area contributed by atoms with Crippen molar-refractivity contribution in [2.45, 2.75) is 20.8 Å². The van der Waals surface area contributed by atoms with Crippen molar-refractivity contribution in [1.29, 1.82) is 0 Å². The minimum atomic E-state index is -0.564. The Labute approximate surface area is 188 Å². The zero-order chi connectivity index (χ0) is 23.4. The molecular weight excluding hydrogens is 406 g/mol. The number of ether oxygens (including phenoxy) is 3. The van der Waals surface area contributed by atoms with Crippen LogP contribution in [0.1, 0.15) is 23.6 Å². The van der Waals surface area contributed by atoms with Gasteiger partial charge in [0.1, 0.15) is 6.61 Å². The molecule has 2 aromatic rings. The molecule has 0 aromatic heterocycles. The number of anilines is 1. The normalized spacial score (nSPS) is 14.7. The number of carbonyl (C=O) groups is 2. The van der Waals surface area contributed by atoms with Gasteiger partial charge in [-0.15, -0.1) is 0 Å². The minimum Gasteiger partial charge on any atom is -0.493 e. The van der Waals surface area contributed by atoms with E-state index in [-0.39, 0.29) is 17.1 Å². The van der Waals surface area contributed by atoms with E-state index in [1.165, 1.54) is 7.11 Å². The van der Waals surface area contributed by atoms with Gasteiger partial charge in [-0.05, 0) is 67.8 Å².